The first-order valence-electron chi connectivity index (χ1n) is 9.76. The molecular formula is C22H26ClN3O3. The van der Waals surface area contributed by atoms with Crippen molar-refractivity contribution in [1.82, 2.24) is 10.6 Å². The average molecular weight is 416 g/mol. The van der Waals surface area contributed by atoms with Gasteiger partial charge in [-0.25, -0.2) is 0 Å². The van der Waals surface area contributed by atoms with E-state index in [1.54, 1.807) is 55.6 Å². The Balaban J connectivity index is 1.74. The van der Waals surface area contributed by atoms with Gasteiger partial charge in [0, 0.05) is 12.1 Å². The minimum Gasteiger partial charge on any atom is -0.497 e. The van der Waals surface area contributed by atoms with E-state index in [4.69, 9.17) is 16.3 Å². The van der Waals surface area contributed by atoms with Gasteiger partial charge in [0.05, 0.1) is 17.8 Å². The Bertz CT molecular complexity index is 835. The molecule has 2 N–H and O–H groups in total. The molecule has 2 aromatic carbocycles. The van der Waals surface area contributed by atoms with Crippen molar-refractivity contribution in [2.45, 2.75) is 12.8 Å². The number of carbonyl (C=O) groups excluding carboxylic acids is 2. The zero-order valence-corrected chi connectivity index (χ0v) is 17.2. The van der Waals surface area contributed by atoms with Gasteiger partial charge in [-0.3, -0.25) is 14.5 Å². The number of carbonyl (C=O) groups is 2. The van der Waals surface area contributed by atoms with Gasteiger partial charge in [0.1, 0.15) is 12.3 Å². The topological polar surface area (TPSA) is 70.7 Å². The van der Waals surface area contributed by atoms with Crippen molar-refractivity contribution < 1.29 is 14.3 Å². The second-order valence-electron chi connectivity index (χ2n) is 7.07. The first-order valence-corrected chi connectivity index (χ1v) is 10.1. The molecule has 0 bridgehead atoms. The van der Waals surface area contributed by atoms with Gasteiger partial charge in [-0.05, 0) is 68.2 Å². The summed E-state index contributed by atoms with van der Waals surface area (Å²) in [6.45, 7) is 2.47. The fourth-order valence-electron chi connectivity index (χ4n) is 3.37. The number of para-hydroxylation sites is 1. The van der Waals surface area contributed by atoms with Crippen LogP contribution in [-0.2, 0) is 4.79 Å². The van der Waals surface area contributed by atoms with Gasteiger partial charge in [-0.1, -0.05) is 23.7 Å². The highest BCUT2D eigenvalue weighted by Gasteiger charge is 2.23. The molecule has 0 spiro atoms. The van der Waals surface area contributed by atoms with Crippen LogP contribution in [0, 0.1) is 5.92 Å². The van der Waals surface area contributed by atoms with Crippen LogP contribution in [-0.4, -0.2) is 45.1 Å². The van der Waals surface area contributed by atoms with Crippen molar-refractivity contribution in [3.05, 3.63) is 59.1 Å². The van der Waals surface area contributed by atoms with Gasteiger partial charge in [0.25, 0.3) is 5.91 Å². The third kappa shape index (κ3) is 5.71. The quantitative estimate of drug-likeness (QED) is 0.729. The number of methoxy groups -OCH3 is 1. The average Bonchev–Trinajstić information content (AvgIpc) is 2.77. The lowest BCUT2D eigenvalue weighted by Gasteiger charge is -2.25. The molecule has 0 aromatic heterocycles. The van der Waals surface area contributed by atoms with E-state index in [2.05, 4.69) is 10.6 Å². The molecule has 7 heteroatoms. The van der Waals surface area contributed by atoms with Crippen LogP contribution in [0.15, 0.2) is 48.5 Å². The normalized spacial score (nSPS) is 14.3. The molecule has 1 aliphatic heterocycles. The molecule has 0 radical (unpaired) electrons. The monoisotopic (exact) mass is 415 g/mol. The van der Waals surface area contributed by atoms with E-state index in [0.717, 1.165) is 25.9 Å². The summed E-state index contributed by atoms with van der Waals surface area (Å²) < 4.78 is 5.15. The summed E-state index contributed by atoms with van der Waals surface area (Å²) in [7, 11) is 1.57. The summed E-state index contributed by atoms with van der Waals surface area (Å²) in [5.74, 6) is 0.625. The van der Waals surface area contributed by atoms with Gasteiger partial charge in [-0.2, -0.15) is 0 Å². The molecule has 29 heavy (non-hydrogen) atoms. The number of ether oxygens (including phenoxy) is 1. The summed E-state index contributed by atoms with van der Waals surface area (Å²) in [4.78, 5) is 27.2. The maximum absolute atomic E-state index is 13.2. The summed E-state index contributed by atoms with van der Waals surface area (Å²) in [6, 6.07) is 13.8. The smallest absolute Gasteiger partial charge is 0.258 e. The Kier molecular flexibility index (Phi) is 7.49. The van der Waals surface area contributed by atoms with Gasteiger partial charge >= 0.3 is 0 Å². The standard InChI is InChI=1S/C22H26ClN3O3/c1-29-18-8-6-17(7-9-18)22(28)26(20-5-3-2-4-19(20)23)15-21(27)25-14-16-10-12-24-13-11-16/h2-9,16,24H,10-15H2,1H3,(H,25,27). The molecule has 2 amide bonds. The zero-order valence-electron chi connectivity index (χ0n) is 16.5. The summed E-state index contributed by atoms with van der Waals surface area (Å²) in [5, 5.41) is 6.70. The van der Waals surface area contributed by atoms with Crippen LogP contribution >= 0.6 is 11.6 Å². The molecule has 3 rings (SSSR count). The molecule has 0 atom stereocenters. The molecule has 0 saturated carbocycles. The lowest BCUT2D eigenvalue weighted by atomic mass is 9.98. The summed E-state index contributed by atoms with van der Waals surface area (Å²) >= 11 is 6.33. The van der Waals surface area contributed by atoms with Crippen molar-refractivity contribution in [3.8, 4) is 5.75 Å². The molecule has 1 aliphatic rings. The fraction of sp³-hybridized carbons (Fsp3) is 0.364. The van der Waals surface area contributed by atoms with Crippen molar-refractivity contribution >= 4 is 29.1 Å². The van der Waals surface area contributed by atoms with Crippen molar-refractivity contribution in [1.29, 1.82) is 0 Å². The van der Waals surface area contributed by atoms with Crippen LogP contribution in [0.3, 0.4) is 0 Å². The van der Waals surface area contributed by atoms with E-state index in [-0.39, 0.29) is 18.4 Å². The fourth-order valence-corrected chi connectivity index (χ4v) is 3.61. The van der Waals surface area contributed by atoms with E-state index >= 15 is 0 Å². The van der Waals surface area contributed by atoms with E-state index in [1.807, 2.05) is 0 Å². The second-order valence-corrected chi connectivity index (χ2v) is 7.48. The predicted molar refractivity (Wildman–Crippen MR) is 115 cm³/mol. The molecule has 154 valence electrons. The minimum atomic E-state index is -0.294. The third-order valence-corrected chi connectivity index (χ3v) is 5.39. The SMILES string of the molecule is COc1ccc(C(=O)N(CC(=O)NCC2CCNCC2)c2ccccc2Cl)cc1. The number of rotatable bonds is 7. The predicted octanol–water partition coefficient (Wildman–Crippen LogP) is 3.11. The molecule has 0 aliphatic carbocycles. The number of hydrogen-bond acceptors (Lipinski definition) is 4. The summed E-state index contributed by atoms with van der Waals surface area (Å²) in [5.41, 5.74) is 0.962. The zero-order chi connectivity index (χ0) is 20.6. The molecule has 1 saturated heterocycles. The number of amides is 2. The van der Waals surface area contributed by atoms with Crippen molar-refractivity contribution in [3.63, 3.8) is 0 Å². The number of benzene rings is 2. The van der Waals surface area contributed by atoms with Gasteiger partial charge in [0.2, 0.25) is 5.91 Å². The number of anilines is 1. The Labute approximate surface area is 176 Å². The van der Waals surface area contributed by atoms with Gasteiger partial charge in [-0.15, -0.1) is 0 Å². The summed E-state index contributed by atoms with van der Waals surface area (Å²) in [6.07, 6.45) is 2.08. The highest BCUT2D eigenvalue weighted by atomic mass is 35.5. The van der Waals surface area contributed by atoms with Crippen LogP contribution in [0.1, 0.15) is 23.2 Å². The van der Waals surface area contributed by atoms with E-state index in [9.17, 15) is 9.59 Å². The second kappa shape index (κ2) is 10.3. The Morgan fingerprint density at radius 1 is 1.14 bits per heavy atom. The lowest BCUT2D eigenvalue weighted by molar-refractivity contribution is -0.119. The molecular weight excluding hydrogens is 390 g/mol. The molecule has 6 nitrogen and oxygen atoms in total. The lowest BCUT2D eigenvalue weighted by Crippen LogP contribution is -2.43. The number of nitrogens with one attached hydrogen (secondary N) is 2. The van der Waals surface area contributed by atoms with E-state index in [0.29, 0.717) is 34.5 Å². The molecule has 1 fully saturated rings. The van der Waals surface area contributed by atoms with Crippen LogP contribution in [0.5, 0.6) is 5.75 Å². The maximum Gasteiger partial charge on any atom is 0.258 e. The first kappa shape index (κ1) is 21.1. The first-order chi connectivity index (χ1) is 14.1. The Morgan fingerprint density at radius 2 is 1.83 bits per heavy atom. The number of piperidine rings is 1. The van der Waals surface area contributed by atoms with Crippen LogP contribution in [0.25, 0.3) is 0 Å². The van der Waals surface area contributed by atoms with Crippen LogP contribution in [0.4, 0.5) is 5.69 Å². The number of hydrogen-bond donors (Lipinski definition) is 2. The largest absolute Gasteiger partial charge is 0.497 e. The molecule has 2 aromatic rings. The minimum absolute atomic E-state index is 0.0977. The highest BCUT2D eigenvalue weighted by Crippen LogP contribution is 2.27. The van der Waals surface area contributed by atoms with Crippen molar-refractivity contribution in [2.75, 3.05) is 38.2 Å². The highest BCUT2D eigenvalue weighted by molar-refractivity contribution is 6.34. The third-order valence-electron chi connectivity index (χ3n) is 5.07. The van der Waals surface area contributed by atoms with E-state index in [1.165, 1.54) is 4.90 Å². The van der Waals surface area contributed by atoms with Gasteiger partial charge in [0.15, 0.2) is 0 Å². The van der Waals surface area contributed by atoms with Crippen LogP contribution < -0.4 is 20.3 Å². The number of halogens is 1. The Hall–Kier alpha value is -2.57. The van der Waals surface area contributed by atoms with Gasteiger partial charge < -0.3 is 15.4 Å². The van der Waals surface area contributed by atoms with Crippen LogP contribution in [0.2, 0.25) is 5.02 Å². The molecule has 0 unspecified atom stereocenters. The van der Waals surface area contributed by atoms with E-state index < -0.39 is 0 Å². The number of nitrogens with zero attached hydrogens (tertiary/aromatic N) is 1. The van der Waals surface area contributed by atoms with Crippen molar-refractivity contribution in [2.24, 2.45) is 5.92 Å². The Morgan fingerprint density at radius 3 is 2.48 bits per heavy atom. The maximum atomic E-state index is 13.2. The molecule has 1 heterocycles.